The Kier molecular flexibility index (Phi) is 1.78. The number of fused-ring (bicyclic) bond motifs is 2. The van der Waals surface area contributed by atoms with Crippen molar-refractivity contribution in [1.82, 2.24) is 0 Å². The molecule has 2 heterocycles. The normalized spacial score (nSPS) is 42.4. The molecule has 1 fully saturated rings. The van der Waals surface area contributed by atoms with E-state index in [9.17, 15) is 0 Å². The van der Waals surface area contributed by atoms with Crippen LogP contribution in [-0.4, -0.2) is 11.2 Å². The summed E-state index contributed by atoms with van der Waals surface area (Å²) in [5, 5.41) is 0. The lowest BCUT2D eigenvalue weighted by Crippen LogP contribution is -2.42. The van der Waals surface area contributed by atoms with Crippen molar-refractivity contribution < 1.29 is 4.74 Å². The molecule has 1 nitrogen and oxygen atoms in total. The predicted molar refractivity (Wildman–Crippen MR) is 59.3 cm³/mol. The Labute approximate surface area is 87.5 Å². The topological polar surface area (TPSA) is 9.23 Å². The van der Waals surface area contributed by atoms with Crippen LogP contribution in [0.4, 0.5) is 0 Å². The van der Waals surface area contributed by atoms with Crippen molar-refractivity contribution in [3.8, 4) is 0 Å². The molecule has 0 aliphatic carbocycles. The van der Waals surface area contributed by atoms with Crippen LogP contribution in [0.2, 0.25) is 0 Å². The molecular formula is C13H22O. The molecule has 1 heteroatoms. The Morgan fingerprint density at radius 3 is 1.93 bits per heavy atom. The standard InChI is InChI=1S/C13H22O/c1-9-10(2)13(11(3,4)5)8-7-12(9,6)14-13/h7-8H2,1-6H3. The van der Waals surface area contributed by atoms with Gasteiger partial charge in [0.2, 0.25) is 0 Å². The van der Waals surface area contributed by atoms with E-state index in [4.69, 9.17) is 4.74 Å². The maximum absolute atomic E-state index is 6.36. The molecule has 0 amide bonds. The van der Waals surface area contributed by atoms with Gasteiger partial charge in [0.1, 0.15) is 0 Å². The molecule has 2 bridgehead atoms. The number of rotatable bonds is 0. The third kappa shape index (κ3) is 0.942. The van der Waals surface area contributed by atoms with E-state index in [-0.39, 0.29) is 16.6 Å². The molecule has 0 aromatic carbocycles. The zero-order valence-corrected chi connectivity index (χ0v) is 10.3. The first-order chi connectivity index (χ1) is 6.23. The Morgan fingerprint density at radius 2 is 1.64 bits per heavy atom. The van der Waals surface area contributed by atoms with Gasteiger partial charge in [-0.25, -0.2) is 0 Å². The highest BCUT2D eigenvalue weighted by Crippen LogP contribution is 2.60. The largest absolute Gasteiger partial charge is 0.360 e. The molecule has 80 valence electrons. The molecule has 2 aliphatic rings. The van der Waals surface area contributed by atoms with Gasteiger partial charge in [0.25, 0.3) is 0 Å². The SMILES string of the molecule is CC1=C(C)C2(C(C)(C)C)CCC1(C)O2. The highest BCUT2D eigenvalue weighted by Gasteiger charge is 2.60. The first kappa shape index (κ1) is 10.2. The van der Waals surface area contributed by atoms with Crippen molar-refractivity contribution in [3.05, 3.63) is 11.1 Å². The van der Waals surface area contributed by atoms with Gasteiger partial charge in [0.05, 0.1) is 11.2 Å². The van der Waals surface area contributed by atoms with Crippen LogP contribution in [0.3, 0.4) is 0 Å². The summed E-state index contributed by atoms with van der Waals surface area (Å²) in [6, 6.07) is 0. The van der Waals surface area contributed by atoms with Crippen LogP contribution in [0.15, 0.2) is 11.1 Å². The van der Waals surface area contributed by atoms with Gasteiger partial charge >= 0.3 is 0 Å². The van der Waals surface area contributed by atoms with Gasteiger partial charge in [-0.2, -0.15) is 0 Å². The van der Waals surface area contributed by atoms with Crippen molar-refractivity contribution >= 4 is 0 Å². The fourth-order valence-corrected chi connectivity index (χ4v) is 3.22. The van der Waals surface area contributed by atoms with Crippen LogP contribution in [0, 0.1) is 5.41 Å². The van der Waals surface area contributed by atoms with Crippen molar-refractivity contribution in [2.75, 3.05) is 0 Å². The molecule has 0 aromatic heterocycles. The molecule has 2 aliphatic heterocycles. The quantitative estimate of drug-likeness (QED) is 0.534. The molecule has 0 N–H and O–H groups in total. The maximum Gasteiger partial charge on any atom is 0.0953 e. The lowest BCUT2D eigenvalue weighted by Gasteiger charge is -2.40. The van der Waals surface area contributed by atoms with E-state index in [0.29, 0.717) is 0 Å². The minimum atomic E-state index is 0.0197. The lowest BCUT2D eigenvalue weighted by molar-refractivity contribution is -0.0881. The van der Waals surface area contributed by atoms with Gasteiger partial charge in [0.15, 0.2) is 0 Å². The van der Waals surface area contributed by atoms with Gasteiger partial charge in [0, 0.05) is 0 Å². The second kappa shape index (κ2) is 2.44. The highest BCUT2D eigenvalue weighted by atomic mass is 16.5. The van der Waals surface area contributed by atoms with Crippen LogP contribution >= 0.6 is 0 Å². The van der Waals surface area contributed by atoms with E-state index in [1.165, 1.54) is 24.0 Å². The van der Waals surface area contributed by atoms with Crippen molar-refractivity contribution in [2.45, 2.75) is 65.6 Å². The molecule has 14 heavy (non-hydrogen) atoms. The van der Waals surface area contributed by atoms with Crippen LogP contribution in [0.25, 0.3) is 0 Å². The summed E-state index contributed by atoms with van der Waals surface area (Å²) in [5.74, 6) is 0. The molecule has 0 aromatic rings. The minimum Gasteiger partial charge on any atom is -0.360 e. The smallest absolute Gasteiger partial charge is 0.0953 e. The summed E-state index contributed by atoms with van der Waals surface area (Å²) in [6.07, 6.45) is 2.38. The third-order valence-electron chi connectivity index (χ3n) is 4.53. The molecule has 1 saturated heterocycles. The average molecular weight is 194 g/mol. The first-order valence-electron chi connectivity index (χ1n) is 5.62. The summed E-state index contributed by atoms with van der Waals surface area (Å²) in [4.78, 5) is 0. The lowest BCUT2D eigenvalue weighted by atomic mass is 9.67. The van der Waals surface area contributed by atoms with E-state index in [1.54, 1.807) is 0 Å². The maximum atomic E-state index is 6.36. The molecule has 0 saturated carbocycles. The molecular weight excluding hydrogens is 172 g/mol. The summed E-state index contributed by atoms with van der Waals surface area (Å²) in [6.45, 7) is 13.6. The van der Waals surface area contributed by atoms with E-state index < -0.39 is 0 Å². The van der Waals surface area contributed by atoms with Crippen molar-refractivity contribution in [2.24, 2.45) is 5.41 Å². The molecule has 2 unspecified atom stereocenters. The van der Waals surface area contributed by atoms with Crippen LogP contribution < -0.4 is 0 Å². The third-order valence-corrected chi connectivity index (χ3v) is 4.53. The Balaban J connectivity index is 2.53. The summed E-state index contributed by atoms with van der Waals surface area (Å²) >= 11 is 0. The monoisotopic (exact) mass is 194 g/mol. The fraction of sp³-hybridized carbons (Fsp3) is 0.846. The zero-order chi connectivity index (χ0) is 10.8. The summed E-state index contributed by atoms with van der Waals surface area (Å²) in [7, 11) is 0. The van der Waals surface area contributed by atoms with Crippen LogP contribution in [0.5, 0.6) is 0 Å². The average Bonchev–Trinajstić information content (AvgIpc) is 2.48. The first-order valence-corrected chi connectivity index (χ1v) is 5.62. The van der Waals surface area contributed by atoms with E-state index in [2.05, 4.69) is 41.5 Å². The van der Waals surface area contributed by atoms with Gasteiger partial charge in [-0.1, -0.05) is 20.8 Å². The van der Waals surface area contributed by atoms with Gasteiger partial charge in [-0.3, -0.25) is 0 Å². The fourth-order valence-electron chi connectivity index (χ4n) is 3.22. The molecule has 2 atom stereocenters. The van der Waals surface area contributed by atoms with Gasteiger partial charge < -0.3 is 4.74 Å². The molecule has 0 spiro atoms. The Morgan fingerprint density at radius 1 is 1.07 bits per heavy atom. The highest BCUT2D eigenvalue weighted by molar-refractivity contribution is 5.39. The predicted octanol–water partition coefficient (Wildman–Crippen LogP) is 3.69. The Hall–Kier alpha value is -0.300. The zero-order valence-electron chi connectivity index (χ0n) is 10.3. The van der Waals surface area contributed by atoms with E-state index in [0.717, 1.165) is 0 Å². The van der Waals surface area contributed by atoms with Gasteiger partial charge in [-0.15, -0.1) is 0 Å². The summed E-state index contributed by atoms with van der Waals surface area (Å²) < 4.78 is 6.36. The van der Waals surface area contributed by atoms with Crippen molar-refractivity contribution in [3.63, 3.8) is 0 Å². The minimum absolute atomic E-state index is 0.0197. The molecule has 0 radical (unpaired) electrons. The van der Waals surface area contributed by atoms with Crippen LogP contribution in [0.1, 0.15) is 54.4 Å². The second-order valence-corrected chi connectivity index (χ2v) is 6.16. The van der Waals surface area contributed by atoms with Crippen molar-refractivity contribution in [1.29, 1.82) is 0 Å². The van der Waals surface area contributed by atoms with E-state index in [1.807, 2.05) is 0 Å². The van der Waals surface area contributed by atoms with E-state index >= 15 is 0 Å². The second-order valence-electron chi connectivity index (χ2n) is 6.16. The number of ether oxygens (including phenoxy) is 1. The summed E-state index contributed by atoms with van der Waals surface area (Å²) in [5.41, 5.74) is 3.23. The Bertz CT molecular complexity index is 308. The number of hydrogen-bond acceptors (Lipinski definition) is 1. The van der Waals surface area contributed by atoms with Gasteiger partial charge in [-0.05, 0) is 50.2 Å². The number of hydrogen-bond donors (Lipinski definition) is 0. The van der Waals surface area contributed by atoms with Crippen LogP contribution in [-0.2, 0) is 4.74 Å². The molecule has 2 rings (SSSR count).